The van der Waals surface area contributed by atoms with Gasteiger partial charge in [0.05, 0.1) is 12.7 Å². The monoisotopic (exact) mass is 445 g/mol. The number of anilines is 1. The van der Waals surface area contributed by atoms with Crippen LogP contribution in [0.1, 0.15) is 27.0 Å². The number of hydrogen-bond donors (Lipinski definition) is 1. The van der Waals surface area contributed by atoms with E-state index in [0.29, 0.717) is 22.4 Å². The number of aliphatic hydroxyl groups excluding tert-OH is 1. The van der Waals surface area contributed by atoms with Gasteiger partial charge in [0.1, 0.15) is 6.04 Å². The van der Waals surface area contributed by atoms with Crippen LogP contribution in [0.3, 0.4) is 0 Å². The van der Waals surface area contributed by atoms with Crippen molar-refractivity contribution in [3.63, 3.8) is 0 Å². The molecule has 1 aliphatic heterocycles. The molecule has 0 saturated carbocycles. The molecule has 0 fully saturated rings. The highest BCUT2D eigenvalue weighted by molar-refractivity contribution is 7.10. The highest BCUT2D eigenvalue weighted by atomic mass is 32.1. The number of benzene rings is 2. The number of para-hydroxylation sites is 1. The largest absolute Gasteiger partial charge is 0.503 e. The van der Waals surface area contributed by atoms with E-state index >= 15 is 0 Å². The van der Waals surface area contributed by atoms with Crippen LogP contribution in [-0.4, -0.2) is 23.9 Å². The van der Waals surface area contributed by atoms with Crippen molar-refractivity contribution in [3.05, 3.63) is 93.6 Å². The van der Waals surface area contributed by atoms with E-state index in [1.165, 1.54) is 23.3 Å². The van der Waals surface area contributed by atoms with Crippen LogP contribution in [0.2, 0.25) is 0 Å². The maximum absolute atomic E-state index is 13.6. The molecule has 0 bridgehead atoms. The molecule has 0 radical (unpaired) electrons. The first-order valence-electron chi connectivity index (χ1n) is 9.97. The zero-order valence-electron chi connectivity index (χ0n) is 17.4. The Morgan fingerprint density at radius 2 is 1.91 bits per heavy atom. The number of amides is 1. The van der Waals surface area contributed by atoms with Gasteiger partial charge in [-0.25, -0.2) is 0 Å². The minimum Gasteiger partial charge on any atom is -0.503 e. The minimum atomic E-state index is -0.757. The number of rotatable bonds is 5. The lowest BCUT2D eigenvalue weighted by atomic mass is 10.00. The van der Waals surface area contributed by atoms with Gasteiger partial charge in [-0.1, -0.05) is 35.9 Å². The fraction of sp³-hybridized carbons (Fsp3) is 0.120. The number of aliphatic hydroxyl groups is 1. The van der Waals surface area contributed by atoms with Gasteiger partial charge in [0.25, 0.3) is 5.91 Å². The zero-order chi connectivity index (χ0) is 22.4. The number of furan rings is 1. The first kappa shape index (κ1) is 20.1. The highest BCUT2D eigenvalue weighted by Gasteiger charge is 2.45. The average Bonchev–Trinajstić information content (AvgIpc) is 3.53. The number of ether oxygens (including phenoxy) is 1. The Hall–Kier alpha value is -3.84. The molecule has 1 aliphatic rings. The summed E-state index contributed by atoms with van der Waals surface area (Å²) in [6.07, 6.45) is 0. The Kier molecular flexibility index (Phi) is 4.83. The summed E-state index contributed by atoms with van der Waals surface area (Å²) in [5.41, 5.74) is 2.07. The summed E-state index contributed by atoms with van der Waals surface area (Å²) in [7, 11) is 1.52. The first-order chi connectivity index (χ1) is 15.5. The lowest BCUT2D eigenvalue weighted by Gasteiger charge is -2.25. The Morgan fingerprint density at radius 1 is 1.12 bits per heavy atom. The van der Waals surface area contributed by atoms with Gasteiger partial charge in [-0.15, -0.1) is 11.3 Å². The summed E-state index contributed by atoms with van der Waals surface area (Å²) >= 11 is 1.41. The van der Waals surface area contributed by atoms with Crippen LogP contribution in [0.5, 0.6) is 5.75 Å². The van der Waals surface area contributed by atoms with Crippen molar-refractivity contribution in [2.24, 2.45) is 0 Å². The summed E-state index contributed by atoms with van der Waals surface area (Å²) in [5, 5.41) is 13.4. The summed E-state index contributed by atoms with van der Waals surface area (Å²) < 4.78 is 11.1. The van der Waals surface area contributed by atoms with E-state index in [1.807, 2.05) is 42.6 Å². The van der Waals surface area contributed by atoms with Crippen molar-refractivity contribution < 1.29 is 23.8 Å². The quantitative estimate of drug-likeness (QED) is 0.405. The molecular formula is C25H19NO5S. The van der Waals surface area contributed by atoms with E-state index < -0.39 is 23.5 Å². The maximum atomic E-state index is 13.6. The third kappa shape index (κ3) is 3.09. The van der Waals surface area contributed by atoms with Gasteiger partial charge in [-0.2, -0.15) is 0 Å². The number of fused-ring (bicyclic) bond motifs is 1. The van der Waals surface area contributed by atoms with Gasteiger partial charge < -0.3 is 14.3 Å². The van der Waals surface area contributed by atoms with E-state index in [4.69, 9.17) is 9.15 Å². The standard InChI is InChI=1S/C25H19NO5S/c1-14-8-10-16(11-9-14)26-21(19-7-4-12-32-19)20(23(28)25(26)29)22(27)18-13-15-5-3-6-17(30-2)24(15)31-18/h3-13,21,28H,1-2H3. The fourth-order valence-corrected chi connectivity index (χ4v) is 4.79. The number of Topliss-reactive ketones (excluding diaryl/α,β-unsaturated/α-hetero) is 1. The Balaban J connectivity index is 1.64. The van der Waals surface area contributed by atoms with Gasteiger partial charge in [-0.3, -0.25) is 14.5 Å². The van der Waals surface area contributed by atoms with E-state index in [9.17, 15) is 14.7 Å². The van der Waals surface area contributed by atoms with Gasteiger partial charge >= 0.3 is 0 Å². The number of methoxy groups -OCH3 is 1. The van der Waals surface area contributed by atoms with Gasteiger partial charge in [-0.05, 0) is 42.6 Å². The molecule has 1 unspecified atom stereocenters. The molecule has 4 aromatic rings. The molecule has 7 heteroatoms. The van der Waals surface area contributed by atoms with Crippen LogP contribution in [0, 0.1) is 6.92 Å². The van der Waals surface area contributed by atoms with Crippen LogP contribution in [0.15, 0.2) is 81.8 Å². The first-order valence-corrected chi connectivity index (χ1v) is 10.9. The molecule has 1 amide bonds. The third-order valence-electron chi connectivity index (χ3n) is 5.53. The predicted molar refractivity (Wildman–Crippen MR) is 122 cm³/mol. The molecular weight excluding hydrogens is 426 g/mol. The SMILES string of the molecule is COc1cccc2cc(C(=O)C3=C(O)C(=O)N(c4ccc(C)cc4)C3c3cccs3)oc12. The second kappa shape index (κ2) is 7.69. The maximum Gasteiger partial charge on any atom is 0.294 e. The van der Waals surface area contributed by atoms with E-state index in [0.717, 1.165) is 10.4 Å². The summed E-state index contributed by atoms with van der Waals surface area (Å²) in [4.78, 5) is 28.9. The summed E-state index contributed by atoms with van der Waals surface area (Å²) in [5.74, 6) is -1.20. The van der Waals surface area contributed by atoms with E-state index in [-0.39, 0.29) is 11.3 Å². The topological polar surface area (TPSA) is 80.0 Å². The fourth-order valence-electron chi connectivity index (χ4n) is 3.97. The molecule has 5 rings (SSSR count). The lowest BCUT2D eigenvalue weighted by molar-refractivity contribution is -0.117. The normalized spacial score (nSPS) is 16.2. The Morgan fingerprint density at radius 3 is 2.59 bits per heavy atom. The Labute approximate surface area is 188 Å². The molecule has 0 spiro atoms. The van der Waals surface area contributed by atoms with Crippen molar-refractivity contribution in [1.82, 2.24) is 0 Å². The third-order valence-corrected chi connectivity index (χ3v) is 6.45. The molecule has 160 valence electrons. The molecule has 1 N–H and O–H groups in total. The highest BCUT2D eigenvalue weighted by Crippen LogP contribution is 2.44. The van der Waals surface area contributed by atoms with Crippen LogP contribution >= 0.6 is 11.3 Å². The van der Waals surface area contributed by atoms with Crippen molar-refractivity contribution >= 4 is 39.7 Å². The van der Waals surface area contributed by atoms with E-state index in [1.54, 1.807) is 30.3 Å². The van der Waals surface area contributed by atoms with Gasteiger partial charge in [0.2, 0.25) is 5.78 Å². The van der Waals surface area contributed by atoms with Crippen molar-refractivity contribution in [1.29, 1.82) is 0 Å². The number of thiophene rings is 1. The zero-order valence-corrected chi connectivity index (χ0v) is 18.2. The predicted octanol–water partition coefficient (Wildman–Crippen LogP) is 5.59. The van der Waals surface area contributed by atoms with Crippen LogP contribution in [-0.2, 0) is 4.79 Å². The van der Waals surface area contributed by atoms with Crippen molar-refractivity contribution in [3.8, 4) is 5.75 Å². The molecule has 0 saturated heterocycles. The van der Waals surface area contributed by atoms with Crippen molar-refractivity contribution in [2.45, 2.75) is 13.0 Å². The Bertz CT molecular complexity index is 1370. The number of carbonyl (C=O) groups excluding carboxylic acids is 2. The number of nitrogens with zero attached hydrogens (tertiary/aromatic N) is 1. The number of hydrogen-bond acceptors (Lipinski definition) is 6. The molecule has 6 nitrogen and oxygen atoms in total. The molecule has 3 heterocycles. The summed E-state index contributed by atoms with van der Waals surface area (Å²) in [6.45, 7) is 1.95. The molecule has 2 aromatic heterocycles. The molecule has 0 aliphatic carbocycles. The van der Waals surface area contributed by atoms with Gasteiger partial charge in [0, 0.05) is 16.0 Å². The number of carbonyl (C=O) groups is 2. The van der Waals surface area contributed by atoms with E-state index in [2.05, 4.69) is 0 Å². The molecule has 1 atom stereocenters. The number of ketones is 1. The average molecular weight is 445 g/mol. The molecule has 32 heavy (non-hydrogen) atoms. The second-order valence-corrected chi connectivity index (χ2v) is 8.49. The van der Waals surface area contributed by atoms with Gasteiger partial charge in [0.15, 0.2) is 22.9 Å². The van der Waals surface area contributed by atoms with Crippen LogP contribution in [0.4, 0.5) is 5.69 Å². The number of aryl methyl sites for hydroxylation is 1. The molecule has 2 aromatic carbocycles. The lowest BCUT2D eigenvalue weighted by Crippen LogP contribution is -2.30. The minimum absolute atomic E-state index is 0.00366. The van der Waals surface area contributed by atoms with Crippen LogP contribution in [0.25, 0.3) is 11.0 Å². The van der Waals surface area contributed by atoms with Crippen LogP contribution < -0.4 is 9.64 Å². The smallest absolute Gasteiger partial charge is 0.294 e. The summed E-state index contributed by atoms with van der Waals surface area (Å²) in [6, 6.07) is 17.3. The van der Waals surface area contributed by atoms with Crippen molar-refractivity contribution in [2.75, 3.05) is 12.0 Å². The second-order valence-electron chi connectivity index (χ2n) is 7.51.